The van der Waals surface area contributed by atoms with Crippen LogP contribution in [-0.2, 0) is 14.6 Å². The number of benzene rings is 3. The van der Waals surface area contributed by atoms with Gasteiger partial charge in [0, 0.05) is 12.1 Å². The fraction of sp³-hybridized carbons (Fsp3) is 0.241. The van der Waals surface area contributed by atoms with Crippen molar-refractivity contribution in [3.8, 4) is 0 Å². The number of para-hydroxylation sites is 1. The number of rotatable bonds is 9. The van der Waals surface area contributed by atoms with Gasteiger partial charge in [0.2, 0.25) is 9.84 Å². The zero-order valence-electron chi connectivity index (χ0n) is 21.5. The molecule has 0 spiro atoms. The minimum atomic E-state index is -3.81. The fourth-order valence-electron chi connectivity index (χ4n) is 4.98. The van der Waals surface area contributed by atoms with Crippen molar-refractivity contribution in [3.63, 3.8) is 0 Å². The number of hydrogen-bond donors (Lipinski definition) is 3. The Kier molecular flexibility index (Phi) is 7.92. The lowest BCUT2D eigenvalue weighted by atomic mass is 9.77. The van der Waals surface area contributed by atoms with Crippen molar-refractivity contribution >= 4 is 39.1 Å². The Bertz CT molecular complexity index is 1600. The summed E-state index contributed by atoms with van der Waals surface area (Å²) in [5.41, 5.74) is 1.94. The monoisotopic (exact) mass is 560 g/mol. The van der Waals surface area contributed by atoms with Crippen LogP contribution in [-0.4, -0.2) is 35.6 Å². The first-order chi connectivity index (χ1) is 19.3. The molecule has 206 valence electrons. The molecule has 0 atom stereocenters. The van der Waals surface area contributed by atoms with E-state index in [1.165, 1.54) is 18.2 Å². The van der Waals surface area contributed by atoms with E-state index in [2.05, 4.69) is 20.8 Å². The van der Waals surface area contributed by atoms with Crippen molar-refractivity contribution in [2.24, 2.45) is 5.92 Å². The number of nitrogens with one attached hydrogen (secondary N) is 2. The van der Waals surface area contributed by atoms with Crippen molar-refractivity contribution in [3.05, 3.63) is 90.3 Å². The highest BCUT2D eigenvalue weighted by molar-refractivity contribution is 7.91. The highest BCUT2D eigenvalue weighted by atomic mass is 32.2. The molecule has 1 fully saturated rings. The van der Waals surface area contributed by atoms with Crippen LogP contribution in [0.3, 0.4) is 0 Å². The summed E-state index contributed by atoms with van der Waals surface area (Å²) in [6.45, 7) is 0. The summed E-state index contributed by atoms with van der Waals surface area (Å²) in [6, 6.07) is 21.8. The summed E-state index contributed by atoms with van der Waals surface area (Å²) in [6.07, 6.45) is 3.90. The fourth-order valence-corrected chi connectivity index (χ4v) is 6.42. The number of carboxylic acids is 1. The van der Waals surface area contributed by atoms with Gasteiger partial charge in [-0.05, 0) is 79.5 Å². The second-order valence-corrected chi connectivity index (χ2v) is 11.7. The average Bonchev–Trinajstić information content (AvgIpc) is 3.43. The average molecular weight is 561 g/mol. The lowest BCUT2D eigenvalue weighted by Crippen LogP contribution is -2.16. The van der Waals surface area contributed by atoms with E-state index >= 15 is 0 Å². The Morgan fingerprint density at radius 1 is 0.875 bits per heavy atom. The van der Waals surface area contributed by atoms with Gasteiger partial charge in [-0.25, -0.2) is 8.42 Å². The topological polar surface area (TPSA) is 151 Å². The molecule has 1 amide bonds. The lowest BCUT2D eigenvalue weighted by molar-refractivity contribution is -0.138. The van der Waals surface area contributed by atoms with Gasteiger partial charge in [0.15, 0.2) is 0 Å². The predicted molar refractivity (Wildman–Crippen MR) is 147 cm³/mol. The highest BCUT2D eigenvalue weighted by Gasteiger charge is 2.25. The summed E-state index contributed by atoms with van der Waals surface area (Å²) in [5.74, 6) is -1.02. The van der Waals surface area contributed by atoms with E-state index in [1.807, 2.05) is 12.1 Å². The van der Waals surface area contributed by atoms with E-state index in [4.69, 9.17) is 9.52 Å². The number of aromatic nitrogens is 2. The molecule has 40 heavy (non-hydrogen) atoms. The third kappa shape index (κ3) is 6.20. The first kappa shape index (κ1) is 27.1. The molecule has 11 heteroatoms. The molecule has 0 unspecified atom stereocenters. The van der Waals surface area contributed by atoms with Crippen LogP contribution >= 0.6 is 0 Å². The second kappa shape index (κ2) is 11.7. The maximum atomic E-state index is 13.1. The Hall–Kier alpha value is -4.51. The number of aliphatic carboxylic acids is 1. The Morgan fingerprint density at radius 2 is 1.55 bits per heavy atom. The normalized spacial score (nSPS) is 17.2. The van der Waals surface area contributed by atoms with Crippen molar-refractivity contribution in [2.75, 3.05) is 10.6 Å². The van der Waals surface area contributed by atoms with E-state index in [1.54, 1.807) is 48.5 Å². The maximum absolute atomic E-state index is 13.1. The van der Waals surface area contributed by atoms with Gasteiger partial charge >= 0.3 is 23.8 Å². The van der Waals surface area contributed by atoms with Crippen LogP contribution in [0, 0.1) is 5.92 Å². The minimum absolute atomic E-state index is 0.0286. The van der Waals surface area contributed by atoms with Crippen molar-refractivity contribution in [1.29, 1.82) is 0 Å². The summed E-state index contributed by atoms with van der Waals surface area (Å²) in [5, 5.41) is 22.2. The summed E-state index contributed by atoms with van der Waals surface area (Å²) in [4.78, 5) is 23.9. The zero-order valence-corrected chi connectivity index (χ0v) is 22.3. The number of carbonyl (C=O) groups is 2. The van der Waals surface area contributed by atoms with Crippen molar-refractivity contribution in [2.45, 2.75) is 47.8 Å². The van der Waals surface area contributed by atoms with Crippen LogP contribution in [0.1, 0.15) is 54.3 Å². The van der Waals surface area contributed by atoms with Gasteiger partial charge in [0.25, 0.3) is 0 Å². The summed E-state index contributed by atoms with van der Waals surface area (Å²) >= 11 is 0. The molecule has 1 heterocycles. The quantitative estimate of drug-likeness (QED) is 0.236. The number of nitrogens with zero attached hydrogens (tertiary/aromatic N) is 2. The molecule has 1 aromatic heterocycles. The predicted octanol–water partition coefficient (Wildman–Crippen LogP) is 5.65. The van der Waals surface area contributed by atoms with Crippen molar-refractivity contribution in [1.82, 2.24) is 10.2 Å². The van der Waals surface area contributed by atoms with Gasteiger partial charge in [-0.1, -0.05) is 47.6 Å². The summed E-state index contributed by atoms with van der Waals surface area (Å²) < 4.78 is 31.8. The van der Waals surface area contributed by atoms with E-state index in [9.17, 15) is 18.0 Å². The molecule has 3 aromatic carbocycles. The smallest absolute Gasteiger partial charge is 0.320 e. The highest BCUT2D eigenvalue weighted by Crippen LogP contribution is 2.37. The number of sulfone groups is 1. The van der Waals surface area contributed by atoms with Crippen LogP contribution in [0.25, 0.3) is 0 Å². The zero-order chi connectivity index (χ0) is 28.1. The van der Waals surface area contributed by atoms with E-state index in [-0.39, 0.29) is 39.7 Å². The molecule has 0 saturated heterocycles. The molecule has 4 aromatic rings. The van der Waals surface area contributed by atoms with E-state index in [0.29, 0.717) is 11.6 Å². The van der Waals surface area contributed by atoms with Gasteiger partial charge in [0.1, 0.15) is 0 Å². The number of hydrogen-bond acceptors (Lipinski definition) is 8. The van der Waals surface area contributed by atoms with Crippen molar-refractivity contribution < 1.29 is 27.5 Å². The molecule has 0 aliphatic heterocycles. The van der Waals surface area contributed by atoms with Crippen LogP contribution in [0.2, 0.25) is 0 Å². The minimum Gasteiger partial charge on any atom is -0.481 e. The van der Waals surface area contributed by atoms with Crippen LogP contribution in [0.5, 0.6) is 0 Å². The van der Waals surface area contributed by atoms with Gasteiger partial charge in [-0.3, -0.25) is 9.59 Å². The Labute approximate surface area is 231 Å². The third-order valence-corrected chi connectivity index (χ3v) is 8.87. The second-order valence-electron chi connectivity index (χ2n) is 9.74. The molecular formula is C29H28N4O6S. The molecule has 5 rings (SSSR count). The Balaban J connectivity index is 1.22. The molecular weight excluding hydrogens is 532 g/mol. The SMILES string of the molecule is O=C(O)C[C@H]1CC[C@H](c2ccc(NC(=O)c3nnc(Nc4ccccc4S(=O)(=O)c4ccccc4)o3)cc2)CC1. The van der Waals surface area contributed by atoms with Gasteiger partial charge in [0.05, 0.1) is 15.5 Å². The molecule has 10 nitrogen and oxygen atoms in total. The number of carbonyl (C=O) groups excluding carboxylic acids is 1. The number of carboxylic acid groups (broad SMARTS) is 1. The largest absolute Gasteiger partial charge is 0.481 e. The van der Waals surface area contributed by atoms with Gasteiger partial charge in [-0.15, -0.1) is 5.10 Å². The standard InChI is InChI=1S/C29H28N4O6S/c34-26(35)18-19-10-12-20(13-11-19)21-14-16-22(17-15-21)30-27(36)28-32-33-29(39-28)31-24-8-4-5-9-25(24)40(37,38)23-6-2-1-3-7-23/h1-9,14-17,19-20H,10-13,18H2,(H,30,36)(H,31,33)(H,34,35)/t19-,20-. The maximum Gasteiger partial charge on any atom is 0.320 e. The first-order valence-corrected chi connectivity index (χ1v) is 14.4. The van der Waals surface area contributed by atoms with Crippen LogP contribution in [0.4, 0.5) is 17.4 Å². The van der Waals surface area contributed by atoms with Crippen LogP contribution < -0.4 is 10.6 Å². The number of anilines is 3. The molecule has 1 aliphatic carbocycles. The van der Waals surface area contributed by atoms with Gasteiger partial charge < -0.3 is 20.2 Å². The van der Waals surface area contributed by atoms with Gasteiger partial charge in [-0.2, -0.15) is 0 Å². The third-order valence-electron chi connectivity index (χ3n) is 7.04. The molecule has 3 N–H and O–H groups in total. The lowest BCUT2D eigenvalue weighted by Gasteiger charge is -2.28. The molecule has 0 bridgehead atoms. The first-order valence-electron chi connectivity index (χ1n) is 12.9. The molecule has 0 radical (unpaired) electrons. The summed E-state index contributed by atoms with van der Waals surface area (Å²) in [7, 11) is -3.81. The number of amides is 1. The van der Waals surface area contributed by atoms with E-state index in [0.717, 1.165) is 31.2 Å². The van der Waals surface area contributed by atoms with E-state index < -0.39 is 21.7 Å². The molecule has 1 saturated carbocycles. The molecule has 1 aliphatic rings. The van der Waals surface area contributed by atoms with Crippen LogP contribution in [0.15, 0.2) is 93.1 Å². The Morgan fingerprint density at radius 3 is 2.25 bits per heavy atom.